The Bertz CT molecular complexity index is 482. The second-order valence-corrected chi connectivity index (χ2v) is 3.63. The highest BCUT2D eigenvalue weighted by Crippen LogP contribution is 2.29. The molecule has 0 bridgehead atoms. The van der Waals surface area contributed by atoms with E-state index < -0.39 is 0 Å². The lowest BCUT2D eigenvalue weighted by molar-refractivity contribution is 0.632. The van der Waals surface area contributed by atoms with Crippen molar-refractivity contribution in [2.75, 3.05) is 5.73 Å². The lowest BCUT2D eigenvalue weighted by atomic mass is 10.0. The second-order valence-electron chi connectivity index (χ2n) is 3.22. The first kappa shape index (κ1) is 9.99. The maximum Gasteiger partial charge on any atom is 0.133 e. The van der Waals surface area contributed by atoms with E-state index in [0.717, 1.165) is 5.56 Å². The summed E-state index contributed by atoms with van der Waals surface area (Å²) in [5.74, 6) is -0.358. The summed E-state index contributed by atoms with van der Waals surface area (Å²) in [6.07, 6.45) is 0. The zero-order chi connectivity index (χ0) is 10.8. The number of anilines is 1. The molecule has 0 saturated heterocycles. The van der Waals surface area contributed by atoms with E-state index >= 15 is 0 Å². The van der Waals surface area contributed by atoms with Gasteiger partial charge in [0.25, 0.3) is 0 Å². The van der Waals surface area contributed by atoms with E-state index in [9.17, 15) is 4.39 Å². The Morgan fingerprint density at radius 3 is 2.40 bits per heavy atom. The molecule has 0 saturated carbocycles. The Morgan fingerprint density at radius 2 is 1.73 bits per heavy atom. The van der Waals surface area contributed by atoms with Gasteiger partial charge < -0.3 is 5.73 Å². The van der Waals surface area contributed by atoms with Crippen LogP contribution in [0.5, 0.6) is 0 Å². The molecule has 0 radical (unpaired) electrons. The number of nitrogens with two attached hydrogens (primary N) is 1. The van der Waals surface area contributed by atoms with Gasteiger partial charge in [-0.15, -0.1) is 0 Å². The minimum atomic E-state index is -0.358. The third-order valence-electron chi connectivity index (χ3n) is 2.17. The van der Waals surface area contributed by atoms with Crippen LogP contribution in [0.25, 0.3) is 11.1 Å². The first-order valence-electron chi connectivity index (χ1n) is 4.48. The van der Waals surface area contributed by atoms with Crippen LogP contribution < -0.4 is 5.73 Å². The zero-order valence-corrected chi connectivity index (χ0v) is 8.63. The first-order valence-corrected chi connectivity index (χ1v) is 4.86. The minimum absolute atomic E-state index is 0.258. The van der Waals surface area contributed by atoms with E-state index in [4.69, 9.17) is 17.3 Å². The van der Waals surface area contributed by atoms with Crippen molar-refractivity contribution < 1.29 is 4.39 Å². The average molecular weight is 222 g/mol. The van der Waals surface area contributed by atoms with E-state index in [1.807, 2.05) is 30.3 Å². The molecule has 2 aromatic carbocycles. The third kappa shape index (κ3) is 1.95. The van der Waals surface area contributed by atoms with Crippen LogP contribution in [0.4, 0.5) is 10.1 Å². The fourth-order valence-corrected chi connectivity index (χ4v) is 1.56. The van der Waals surface area contributed by atoms with Gasteiger partial charge in [-0.05, 0) is 17.7 Å². The lowest BCUT2D eigenvalue weighted by Gasteiger charge is -2.05. The van der Waals surface area contributed by atoms with Gasteiger partial charge in [0.1, 0.15) is 5.82 Å². The molecular formula is C12H9ClFN. The Morgan fingerprint density at radius 1 is 1.07 bits per heavy atom. The molecule has 0 aromatic heterocycles. The van der Waals surface area contributed by atoms with Crippen LogP contribution in [0.3, 0.4) is 0 Å². The van der Waals surface area contributed by atoms with E-state index in [1.165, 1.54) is 6.07 Å². The van der Waals surface area contributed by atoms with Crippen LogP contribution in [-0.2, 0) is 0 Å². The highest BCUT2D eigenvalue weighted by molar-refractivity contribution is 6.33. The smallest absolute Gasteiger partial charge is 0.133 e. The molecule has 76 valence electrons. The first-order chi connectivity index (χ1) is 7.18. The third-order valence-corrected chi connectivity index (χ3v) is 2.50. The maximum absolute atomic E-state index is 13.6. The molecule has 0 fully saturated rings. The van der Waals surface area contributed by atoms with Gasteiger partial charge in [-0.25, -0.2) is 4.39 Å². The fraction of sp³-hybridized carbons (Fsp3) is 0. The molecule has 0 amide bonds. The highest BCUT2D eigenvalue weighted by atomic mass is 35.5. The summed E-state index contributed by atoms with van der Waals surface area (Å²) in [6, 6.07) is 12.0. The van der Waals surface area contributed by atoms with Crippen molar-refractivity contribution in [2.24, 2.45) is 0 Å². The van der Waals surface area contributed by atoms with Gasteiger partial charge in [0.15, 0.2) is 0 Å². The van der Waals surface area contributed by atoms with Crippen LogP contribution in [-0.4, -0.2) is 0 Å². The highest BCUT2D eigenvalue weighted by Gasteiger charge is 2.07. The topological polar surface area (TPSA) is 26.0 Å². The van der Waals surface area contributed by atoms with Crippen molar-refractivity contribution in [1.29, 1.82) is 0 Å². The van der Waals surface area contributed by atoms with Gasteiger partial charge in [0.05, 0.1) is 10.7 Å². The van der Waals surface area contributed by atoms with E-state index in [1.54, 1.807) is 6.07 Å². The van der Waals surface area contributed by atoms with Crippen LogP contribution in [0.15, 0.2) is 42.5 Å². The molecule has 0 atom stereocenters. The molecule has 0 aliphatic heterocycles. The Hall–Kier alpha value is -1.54. The zero-order valence-electron chi connectivity index (χ0n) is 7.87. The van der Waals surface area contributed by atoms with Crippen LogP contribution >= 0.6 is 11.6 Å². The molecule has 0 aliphatic carbocycles. The molecule has 0 heterocycles. The van der Waals surface area contributed by atoms with Crippen LogP contribution in [0.1, 0.15) is 0 Å². The number of nitrogen functional groups attached to an aromatic ring is 1. The van der Waals surface area contributed by atoms with Gasteiger partial charge in [0.2, 0.25) is 0 Å². The molecule has 1 nitrogen and oxygen atoms in total. The predicted octanol–water partition coefficient (Wildman–Crippen LogP) is 3.73. The summed E-state index contributed by atoms with van der Waals surface area (Å²) in [5.41, 5.74) is 7.01. The molecule has 0 unspecified atom stereocenters. The van der Waals surface area contributed by atoms with Gasteiger partial charge in [-0.3, -0.25) is 0 Å². The van der Waals surface area contributed by atoms with Gasteiger partial charge >= 0.3 is 0 Å². The van der Waals surface area contributed by atoms with Crippen molar-refractivity contribution >= 4 is 17.3 Å². The summed E-state index contributed by atoms with van der Waals surface area (Å²) in [5, 5.41) is 0.371. The quantitative estimate of drug-likeness (QED) is 0.730. The SMILES string of the molecule is Nc1cc(F)c(-c2ccccc2)cc1Cl. The van der Waals surface area contributed by atoms with Crippen LogP contribution in [0.2, 0.25) is 5.02 Å². The summed E-state index contributed by atoms with van der Waals surface area (Å²) in [4.78, 5) is 0. The number of hydrogen-bond donors (Lipinski definition) is 1. The number of benzene rings is 2. The van der Waals surface area contributed by atoms with Crippen molar-refractivity contribution in [2.45, 2.75) is 0 Å². The van der Waals surface area contributed by atoms with E-state index in [-0.39, 0.29) is 11.5 Å². The molecule has 2 aromatic rings. The summed E-state index contributed by atoms with van der Waals surface area (Å²) in [6.45, 7) is 0. The largest absolute Gasteiger partial charge is 0.397 e. The average Bonchev–Trinajstić information content (AvgIpc) is 2.25. The van der Waals surface area contributed by atoms with Crippen molar-refractivity contribution in [3.63, 3.8) is 0 Å². The molecule has 2 rings (SSSR count). The van der Waals surface area contributed by atoms with E-state index in [2.05, 4.69) is 0 Å². The molecular weight excluding hydrogens is 213 g/mol. The van der Waals surface area contributed by atoms with Crippen molar-refractivity contribution in [3.05, 3.63) is 53.3 Å². The summed E-state index contributed by atoms with van der Waals surface area (Å²) >= 11 is 5.84. The molecule has 0 spiro atoms. The van der Waals surface area contributed by atoms with Gasteiger partial charge in [-0.2, -0.15) is 0 Å². The van der Waals surface area contributed by atoms with Gasteiger partial charge in [-0.1, -0.05) is 41.9 Å². The molecule has 15 heavy (non-hydrogen) atoms. The monoisotopic (exact) mass is 221 g/mol. The van der Waals surface area contributed by atoms with E-state index in [0.29, 0.717) is 10.6 Å². The standard InChI is InChI=1S/C12H9ClFN/c13-10-6-9(11(14)7-12(10)15)8-4-2-1-3-5-8/h1-7H,15H2. The molecule has 2 N–H and O–H groups in total. The molecule has 3 heteroatoms. The fourth-order valence-electron chi connectivity index (χ4n) is 1.40. The molecule has 0 aliphatic rings. The normalized spacial score (nSPS) is 10.3. The summed E-state index contributed by atoms with van der Waals surface area (Å²) in [7, 11) is 0. The lowest BCUT2D eigenvalue weighted by Crippen LogP contribution is -1.91. The summed E-state index contributed by atoms with van der Waals surface area (Å²) < 4.78 is 13.6. The predicted molar refractivity (Wildman–Crippen MR) is 61.3 cm³/mol. The Kier molecular flexibility index (Phi) is 2.60. The number of halogens is 2. The van der Waals surface area contributed by atoms with Gasteiger partial charge in [0, 0.05) is 5.56 Å². The Labute approximate surface area is 92.3 Å². The second kappa shape index (κ2) is 3.91. The van der Waals surface area contributed by atoms with Crippen molar-refractivity contribution in [1.82, 2.24) is 0 Å². The van der Waals surface area contributed by atoms with Crippen LogP contribution in [0, 0.1) is 5.82 Å². The number of hydrogen-bond acceptors (Lipinski definition) is 1. The maximum atomic E-state index is 13.6. The Balaban J connectivity index is 2.59. The van der Waals surface area contributed by atoms with Crippen molar-refractivity contribution in [3.8, 4) is 11.1 Å². The number of rotatable bonds is 1. The minimum Gasteiger partial charge on any atom is -0.397 e.